The Bertz CT molecular complexity index is 473. The third-order valence-electron chi connectivity index (χ3n) is 3.15. The van der Waals surface area contributed by atoms with Crippen LogP contribution >= 0.6 is 0 Å². The number of esters is 1. The maximum absolute atomic E-state index is 12.1. The number of methoxy groups -OCH3 is 1. The van der Waals surface area contributed by atoms with Gasteiger partial charge >= 0.3 is 5.97 Å². The molecule has 0 aromatic heterocycles. The van der Waals surface area contributed by atoms with E-state index in [-0.39, 0.29) is 5.97 Å². The minimum absolute atomic E-state index is 0.262. The number of hydrogen-bond donors (Lipinski definition) is 1. The van der Waals surface area contributed by atoms with Gasteiger partial charge in [0.05, 0.1) is 13.7 Å². The number of hydrogen-bond acceptors (Lipinski definition) is 4. The number of nitrogens with one attached hydrogen (secondary N) is 1. The van der Waals surface area contributed by atoms with Crippen LogP contribution in [0.3, 0.4) is 0 Å². The number of carbonyl (C=O) groups is 1. The van der Waals surface area contributed by atoms with Crippen LogP contribution in [-0.4, -0.2) is 25.7 Å². The van der Waals surface area contributed by atoms with Crippen LogP contribution in [0.25, 0.3) is 0 Å². The van der Waals surface area contributed by atoms with Crippen molar-refractivity contribution in [1.29, 1.82) is 0 Å². The largest absolute Gasteiger partial charge is 0.497 e. The van der Waals surface area contributed by atoms with E-state index < -0.39 is 6.04 Å². The maximum atomic E-state index is 12.1. The van der Waals surface area contributed by atoms with Gasteiger partial charge < -0.3 is 14.8 Å². The highest BCUT2D eigenvalue weighted by Gasteiger charge is 2.22. The van der Waals surface area contributed by atoms with Crippen LogP contribution in [-0.2, 0) is 9.53 Å². The molecule has 4 nitrogen and oxygen atoms in total. The molecule has 0 heterocycles. The van der Waals surface area contributed by atoms with Gasteiger partial charge in [0.1, 0.15) is 11.8 Å². The van der Waals surface area contributed by atoms with Gasteiger partial charge in [-0.2, -0.15) is 0 Å². The molecule has 1 unspecified atom stereocenters. The topological polar surface area (TPSA) is 47.6 Å². The first-order valence-corrected chi connectivity index (χ1v) is 6.70. The van der Waals surface area contributed by atoms with Crippen LogP contribution in [0.2, 0.25) is 0 Å². The summed E-state index contributed by atoms with van der Waals surface area (Å²) in [6.07, 6.45) is 0. The van der Waals surface area contributed by atoms with Crippen LogP contribution in [0.5, 0.6) is 5.75 Å². The predicted molar refractivity (Wildman–Crippen MR) is 81.1 cm³/mol. The van der Waals surface area contributed by atoms with E-state index in [0.717, 1.165) is 22.6 Å². The van der Waals surface area contributed by atoms with Crippen molar-refractivity contribution in [2.45, 2.75) is 33.7 Å². The van der Waals surface area contributed by atoms with Gasteiger partial charge in [0.15, 0.2) is 0 Å². The van der Waals surface area contributed by atoms with E-state index in [0.29, 0.717) is 6.61 Å². The van der Waals surface area contributed by atoms with Crippen molar-refractivity contribution >= 4 is 11.7 Å². The molecule has 20 heavy (non-hydrogen) atoms. The Morgan fingerprint density at radius 3 is 2.25 bits per heavy atom. The highest BCUT2D eigenvalue weighted by atomic mass is 16.5. The van der Waals surface area contributed by atoms with Crippen molar-refractivity contribution in [2.75, 3.05) is 19.0 Å². The van der Waals surface area contributed by atoms with Crippen molar-refractivity contribution in [3.8, 4) is 5.75 Å². The second kappa shape index (κ2) is 7.58. The SMILES string of the molecule is CCOC(=O)C(Nc1ccc(OC)cc1)C(C)=C(C)C. The molecule has 1 aromatic rings. The van der Waals surface area contributed by atoms with E-state index in [1.54, 1.807) is 14.0 Å². The van der Waals surface area contributed by atoms with Crippen molar-refractivity contribution in [1.82, 2.24) is 0 Å². The molecule has 1 rings (SSSR count). The van der Waals surface area contributed by atoms with Gasteiger partial charge in [-0.3, -0.25) is 0 Å². The molecule has 0 aliphatic rings. The summed E-state index contributed by atoms with van der Waals surface area (Å²) in [5, 5.41) is 3.21. The Hall–Kier alpha value is -1.97. The van der Waals surface area contributed by atoms with Crippen LogP contribution in [0.4, 0.5) is 5.69 Å². The van der Waals surface area contributed by atoms with Crippen LogP contribution in [0.1, 0.15) is 27.7 Å². The van der Waals surface area contributed by atoms with Crippen LogP contribution in [0.15, 0.2) is 35.4 Å². The summed E-state index contributed by atoms with van der Waals surface area (Å²) in [4.78, 5) is 12.1. The van der Waals surface area contributed by atoms with Gasteiger partial charge in [-0.15, -0.1) is 0 Å². The lowest BCUT2D eigenvalue weighted by Crippen LogP contribution is -2.33. The number of allylic oxidation sites excluding steroid dienone is 1. The van der Waals surface area contributed by atoms with E-state index >= 15 is 0 Å². The second-order valence-electron chi connectivity index (χ2n) is 4.74. The number of anilines is 1. The third kappa shape index (κ3) is 4.30. The zero-order valence-electron chi connectivity index (χ0n) is 12.8. The summed E-state index contributed by atoms with van der Waals surface area (Å²) < 4.78 is 10.2. The number of rotatable bonds is 6. The van der Waals surface area contributed by atoms with E-state index in [9.17, 15) is 4.79 Å². The Labute approximate surface area is 120 Å². The van der Waals surface area contributed by atoms with Gasteiger partial charge in [-0.1, -0.05) is 5.57 Å². The molecule has 0 amide bonds. The smallest absolute Gasteiger partial charge is 0.332 e. The summed E-state index contributed by atoms with van der Waals surface area (Å²) in [5.41, 5.74) is 2.92. The fourth-order valence-electron chi connectivity index (χ4n) is 1.71. The molecule has 0 aliphatic heterocycles. The Balaban J connectivity index is 2.94. The molecule has 0 bridgehead atoms. The Morgan fingerprint density at radius 1 is 1.20 bits per heavy atom. The average Bonchev–Trinajstić information content (AvgIpc) is 2.44. The molecular formula is C16H23NO3. The second-order valence-corrected chi connectivity index (χ2v) is 4.74. The third-order valence-corrected chi connectivity index (χ3v) is 3.15. The lowest BCUT2D eigenvalue weighted by Gasteiger charge is -2.20. The first-order chi connectivity index (χ1) is 9.49. The summed E-state index contributed by atoms with van der Waals surface area (Å²) in [6.45, 7) is 8.08. The first-order valence-electron chi connectivity index (χ1n) is 6.70. The van der Waals surface area contributed by atoms with Gasteiger partial charge in [0, 0.05) is 5.69 Å². The fraction of sp³-hybridized carbons (Fsp3) is 0.438. The minimum Gasteiger partial charge on any atom is -0.497 e. The standard InChI is InChI=1S/C16H23NO3/c1-6-20-16(18)15(12(4)11(2)3)17-13-7-9-14(19-5)10-8-13/h7-10,15,17H,6H2,1-5H3. The van der Waals surface area contributed by atoms with Crippen molar-refractivity contribution < 1.29 is 14.3 Å². The summed E-state index contributed by atoms with van der Waals surface area (Å²) in [5.74, 6) is 0.518. The van der Waals surface area contributed by atoms with Gasteiger partial charge in [-0.25, -0.2) is 4.79 Å². The first kappa shape index (κ1) is 16.1. The number of carbonyl (C=O) groups excluding carboxylic acids is 1. The van der Waals surface area contributed by atoms with E-state index in [1.165, 1.54) is 0 Å². The predicted octanol–water partition coefficient (Wildman–Crippen LogP) is 3.40. The van der Waals surface area contributed by atoms with Crippen molar-refractivity contribution in [3.05, 3.63) is 35.4 Å². The molecular weight excluding hydrogens is 254 g/mol. The number of ether oxygens (including phenoxy) is 2. The summed E-state index contributed by atoms with van der Waals surface area (Å²) in [6, 6.07) is 6.99. The quantitative estimate of drug-likeness (QED) is 0.639. The Morgan fingerprint density at radius 2 is 1.80 bits per heavy atom. The van der Waals surface area contributed by atoms with Crippen molar-refractivity contribution in [2.24, 2.45) is 0 Å². The molecule has 0 spiro atoms. The molecule has 0 saturated heterocycles. The van der Waals surface area contributed by atoms with Gasteiger partial charge in [-0.05, 0) is 57.5 Å². The minimum atomic E-state index is -0.464. The highest BCUT2D eigenvalue weighted by molar-refractivity contribution is 5.83. The van der Waals surface area contributed by atoms with Crippen LogP contribution < -0.4 is 10.1 Å². The number of benzene rings is 1. The highest BCUT2D eigenvalue weighted by Crippen LogP contribution is 2.19. The normalized spacial score (nSPS) is 11.4. The molecule has 110 valence electrons. The fourth-order valence-corrected chi connectivity index (χ4v) is 1.71. The molecule has 0 saturated carbocycles. The van der Waals surface area contributed by atoms with Crippen molar-refractivity contribution in [3.63, 3.8) is 0 Å². The van der Waals surface area contributed by atoms with Gasteiger partial charge in [0.25, 0.3) is 0 Å². The summed E-state index contributed by atoms with van der Waals surface area (Å²) in [7, 11) is 1.62. The molecule has 0 aliphatic carbocycles. The monoisotopic (exact) mass is 277 g/mol. The zero-order valence-corrected chi connectivity index (χ0v) is 12.8. The lowest BCUT2D eigenvalue weighted by molar-refractivity contribution is -0.143. The van der Waals surface area contributed by atoms with E-state index in [1.807, 2.05) is 45.0 Å². The van der Waals surface area contributed by atoms with Crippen LogP contribution in [0, 0.1) is 0 Å². The lowest BCUT2D eigenvalue weighted by atomic mass is 10.0. The maximum Gasteiger partial charge on any atom is 0.332 e. The molecule has 1 N–H and O–H groups in total. The average molecular weight is 277 g/mol. The molecule has 0 fully saturated rings. The van der Waals surface area contributed by atoms with Gasteiger partial charge in [0.2, 0.25) is 0 Å². The Kier molecular flexibility index (Phi) is 6.10. The zero-order chi connectivity index (χ0) is 15.1. The molecule has 1 atom stereocenters. The van der Waals surface area contributed by atoms with E-state index in [2.05, 4.69) is 5.32 Å². The molecule has 1 aromatic carbocycles. The molecule has 4 heteroatoms. The summed E-state index contributed by atoms with van der Waals surface area (Å²) >= 11 is 0. The molecule has 0 radical (unpaired) electrons. The van der Waals surface area contributed by atoms with E-state index in [4.69, 9.17) is 9.47 Å².